The zero-order valence-electron chi connectivity index (χ0n) is 7.69. The topological polar surface area (TPSA) is 45.8 Å². The van der Waals surface area contributed by atoms with Crippen LogP contribution in [0, 0.1) is 11.3 Å². The van der Waals surface area contributed by atoms with Crippen LogP contribution in [0.25, 0.3) is 10.9 Å². The van der Waals surface area contributed by atoms with Gasteiger partial charge in [-0.2, -0.15) is 5.26 Å². The number of aromatic nitrogens is 1. The third-order valence-electron chi connectivity index (χ3n) is 2.33. The molecule has 0 fully saturated rings. The van der Waals surface area contributed by atoms with Crippen molar-refractivity contribution in [2.24, 2.45) is 7.05 Å². The Labute approximate surface area is 81.2 Å². The van der Waals surface area contributed by atoms with Crippen LogP contribution < -0.4 is 0 Å². The summed E-state index contributed by atoms with van der Waals surface area (Å²) in [6.07, 6.45) is 0.812. The van der Waals surface area contributed by atoms with Crippen molar-refractivity contribution in [2.45, 2.75) is 0 Å². The van der Waals surface area contributed by atoms with E-state index in [0.29, 0.717) is 11.3 Å². The minimum Gasteiger partial charge on any atom is -0.341 e. The van der Waals surface area contributed by atoms with Crippen molar-refractivity contribution in [3.63, 3.8) is 0 Å². The van der Waals surface area contributed by atoms with Crippen molar-refractivity contribution in [1.29, 1.82) is 5.26 Å². The fraction of sp³-hybridized carbons (Fsp3) is 0.0909. The Morgan fingerprint density at radius 2 is 2.21 bits per heavy atom. The van der Waals surface area contributed by atoms with Crippen LogP contribution >= 0.6 is 0 Å². The van der Waals surface area contributed by atoms with Crippen LogP contribution in [0.2, 0.25) is 0 Å². The molecule has 2 aromatic rings. The Morgan fingerprint density at radius 3 is 2.86 bits per heavy atom. The smallest absolute Gasteiger partial charge is 0.166 e. The van der Waals surface area contributed by atoms with Crippen LogP contribution in [-0.2, 0) is 7.05 Å². The molecule has 0 amide bonds. The van der Waals surface area contributed by atoms with Crippen molar-refractivity contribution in [3.8, 4) is 6.07 Å². The lowest BCUT2D eigenvalue weighted by Crippen LogP contribution is -1.93. The normalized spacial score (nSPS) is 10.0. The highest BCUT2D eigenvalue weighted by Gasteiger charge is 2.04. The van der Waals surface area contributed by atoms with E-state index in [0.717, 1.165) is 17.2 Å². The number of aryl methyl sites for hydroxylation is 1. The Morgan fingerprint density at radius 1 is 1.43 bits per heavy atom. The van der Waals surface area contributed by atoms with Crippen molar-refractivity contribution >= 4 is 17.2 Å². The van der Waals surface area contributed by atoms with Crippen molar-refractivity contribution in [2.75, 3.05) is 0 Å². The third kappa shape index (κ3) is 1.09. The number of fused-ring (bicyclic) bond motifs is 1. The molecule has 1 aromatic carbocycles. The summed E-state index contributed by atoms with van der Waals surface area (Å²) in [5.41, 5.74) is 2.14. The molecule has 0 aliphatic rings. The number of rotatable bonds is 1. The lowest BCUT2D eigenvalue weighted by atomic mass is 10.2. The predicted molar refractivity (Wildman–Crippen MR) is 53.0 cm³/mol. The third-order valence-corrected chi connectivity index (χ3v) is 2.33. The second-order valence-corrected chi connectivity index (χ2v) is 3.13. The van der Waals surface area contributed by atoms with Crippen LogP contribution in [0.3, 0.4) is 0 Å². The molecule has 1 aromatic heterocycles. The molecule has 3 nitrogen and oxygen atoms in total. The fourth-order valence-electron chi connectivity index (χ4n) is 1.53. The van der Waals surface area contributed by atoms with Gasteiger partial charge in [0, 0.05) is 18.0 Å². The number of carbonyl (C=O) groups excluding carboxylic acids is 1. The van der Waals surface area contributed by atoms with Gasteiger partial charge in [-0.15, -0.1) is 0 Å². The molecule has 0 bridgehead atoms. The van der Waals surface area contributed by atoms with Crippen LogP contribution in [0.1, 0.15) is 16.1 Å². The number of nitrogens with zero attached hydrogens (tertiary/aromatic N) is 2. The van der Waals surface area contributed by atoms with E-state index in [1.54, 1.807) is 16.7 Å². The fourth-order valence-corrected chi connectivity index (χ4v) is 1.53. The highest BCUT2D eigenvalue weighted by molar-refractivity contribution is 5.89. The van der Waals surface area contributed by atoms with Gasteiger partial charge in [-0.05, 0) is 18.2 Å². The van der Waals surface area contributed by atoms with Crippen molar-refractivity contribution in [3.05, 3.63) is 35.5 Å². The molecule has 2 rings (SSSR count). The molecule has 0 atom stereocenters. The number of nitriles is 1. The van der Waals surface area contributed by atoms with Gasteiger partial charge in [-0.3, -0.25) is 4.79 Å². The Kier molecular flexibility index (Phi) is 1.83. The van der Waals surface area contributed by atoms with Gasteiger partial charge < -0.3 is 4.57 Å². The van der Waals surface area contributed by atoms with Gasteiger partial charge in [-0.1, -0.05) is 6.07 Å². The van der Waals surface area contributed by atoms with Crippen molar-refractivity contribution < 1.29 is 4.79 Å². The average molecular weight is 184 g/mol. The quantitative estimate of drug-likeness (QED) is 0.635. The van der Waals surface area contributed by atoms with Crippen LogP contribution in [0.4, 0.5) is 0 Å². The number of hydrogen-bond donors (Lipinski definition) is 0. The van der Waals surface area contributed by atoms with Gasteiger partial charge in [0.25, 0.3) is 0 Å². The predicted octanol–water partition coefficient (Wildman–Crippen LogP) is 1.86. The molecule has 0 saturated carbocycles. The summed E-state index contributed by atoms with van der Waals surface area (Å²) >= 11 is 0. The van der Waals surface area contributed by atoms with E-state index >= 15 is 0 Å². The first-order valence-electron chi connectivity index (χ1n) is 4.21. The van der Waals surface area contributed by atoms with E-state index in [1.807, 2.05) is 19.2 Å². The van der Waals surface area contributed by atoms with E-state index in [9.17, 15) is 4.79 Å². The number of hydrogen-bond acceptors (Lipinski definition) is 2. The zero-order valence-corrected chi connectivity index (χ0v) is 7.69. The second-order valence-electron chi connectivity index (χ2n) is 3.13. The molecule has 0 radical (unpaired) electrons. The summed E-state index contributed by atoms with van der Waals surface area (Å²) in [6.45, 7) is 0. The Hall–Kier alpha value is -2.08. The van der Waals surface area contributed by atoms with Gasteiger partial charge in [-0.25, -0.2) is 0 Å². The molecule has 68 valence electrons. The van der Waals surface area contributed by atoms with E-state index in [2.05, 4.69) is 6.07 Å². The second kappa shape index (κ2) is 3.00. The molecular weight excluding hydrogens is 176 g/mol. The number of aldehydes is 1. The first-order valence-corrected chi connectivity index (χ1v) is 4.21. The summed E-state index contributed by atoms with van der Waals surface area (Å²) in [5.74, 6) is 0. The molecule has 0 aliphatic heterocycles. The van der Waals surface area contributed by atoms with E-state index in [4.69, 9.17) is 5.26 Å². The van der Waals surface area contributed by atoms with Gasteiger partial charge in [0.05, 0.1) is 17.3 Å². The van der Waals surface area contributed by atoms with E-state index in [-0.39, 0.29) is 0 Å². The maximum atomic E-state index is 10.7. The summed E-state index contributed by atoms with van der Waals surface area (Å²) in [5, 5.41) is 9.70. The molecular formula is C11H8N2O. The van der Waals surface area contributed by atoms with Crippen LogP contribution in [0.15, 0.2) is 24.3 Å². The lowest BCUT2D eigenvalue weighted by Gasteiger charge is -1.97. The minimum atomic E-state index is 0.608. The van der Waals surface area contributed by atoms with Gasteiger partial charge in [0.15, 0.2) is 6.29 Å². The molecule has 0 N–H and O–H groups in total. The lowest BCUT2D eigenvalue weighted by molar-refractivity contribution is 0.111. The van der Waals surface area contributed by atoms with E-state index < -0.39 is 0 Å². The highest BCUT2D eigenvalue weighted by atomic mass is 16.1. The number of carbonyl (C=O) groups is 1. The first-order chi connectivity index (χ1) is 6.76. The molecule has 0 aliphatic carbocycles. The Bertz CT molecular complexity index is 546. The molecule has 0 unspecified atom stereocenters. The summed E-state index contributed by atoms with van der Waals surface area (Å²) in [4.78, 5) is 10.7. The highest BCUT2D eigenvalue weighted by Crippen LogP contribution is 2.18. The molecule has 1 heterocycles. The standard InChI is InChI=1S/C11H8N2O/c1-13-10(7-14)5-9-3-2-8(6-12)4-11(9)13/h2-5,7H,1H3. The minimum absolute atomic E-state index is 0.608. The SMILES string of the molecule is Cn1c(C=O)cc2ccc(C#N)cc21. The monoisotopic (exact) mass is 184 g/mol. The zero-order chi connectivity index (χ0) is 10.1. The molecule has 14 heavy (non-hydrogen) atoms. The molecule has 3 heteroatoms. The summed E-state index contributed by atoms with van der Waals surface area (Å²) < 4.78 is 1.78. The average Bonchev–Trinajstić information content (AvgIpc) is 2.55. The maximum absolute atomic E-state index is 10.7. The van der Waals surface area contributed by atoms with E-state index in [1.165, 1.54) is 0 Å². The van der Waals surface area contributed by atoms with Gasteiger partial charge in [0.1, 0.15) is 0 Å². The summed E-state index contributed by atoms with van der Waals surface area (Å²) in [6, 6.07) is 9.26. The Balaban J connectivity index is 2.82. The van der Waals surface area contributed by atoms with Gasteiger partial charge >= 0.3 is 0 Å². The summed E-state index contributed by atoms with van der Waals surface area (Å²) in [7, 11) is 1.81. The number of benzene rings is 1. The van der Waals surface area contributed by atoms with Crippen LogP contribution in [-0.4, -0.2) is 10.9 Å². The molecule has 0 saturated heterocycles. The first kappa shape index (κ1) is 8.52. The van der Waals surface area contributed by atoms with Gasteiger partial charge in [0.2, 0.25) is 0 Å². The molecule has 0 spiro atoms. The van der Waals surface area contributed by atoms with Crippen LogP contribution in [0.5, 0.6) is 0 Å². The van der Waals surface area contributed by atoms with Crippen molar-refractivity contribution in [1.82, 2.24) is 4.57 Å². The largest absolute Gasteiger partial charge is 0.341 e. The maximum Gasteiger partial charge on any atom is 0.166 e.